The van der Waals surface area contributed by atoms with Gasteiger partial charge in [-0.2, -0.15) is 0 Å². The molecule has 3 aliphatic rings. The number of carbonyl (C=O) groups is 3. The highest BCUT2D eigenvalue weighted by Crippen LogP contribution is 2.30. The Morgan fingerprint density at radius 2 is 1.66 bits per heavy atom. The second-order valence-electron chi connectivity index (χ2n) is 9.19. The van der Waals surface area contributed by atoms with Crippen LogP contribution >= 0.6 is 12.4 Å². The lowest BCUT2D eigenvalue weighted by Gasteiger charge is -2.39. The van der Waals surface area contributed by atoms with E-state index in [2.05, 4.69) is 16.0 Å². The number of methoxy groups -OCH3 is 1. The van der Waals surface area contributed by atoms with Crippen LogP contribution in [0.2, 0.25) is 0 Å². The largest absolute Gasteiger partial charge is 0.467 e. The molecule has 0 aromatic heterocycles. The molecule has 0 aromatic rings. The highest BCUT2D eigenvalue weighted by Gasteiger charge is 2.44. The van der Waals surface area contributed by atoms with E-state index in [1.54, 1.807) is 0 Å². The Hall–Kier alpha value is -1.58. The van der Waals surface area contributed by atoms with Gasteiger partial charge in [-0.25, -0.2) is 9.59 Å². The molecule has 0 atom stereocenters. The van der Waals surface area contributed by atoms with Crippen molar-refractivity contribution in [2.45, 2.75) is 76.0 Å². The molecule has 0 radical (unpaired) electrons. The number of ether oxygens (including phenoxy) is 2. The first-order valence-electron chi connectivity index (χ1n) is 11.7. The van der Waals surface area contributed by atoms with Crippen LogP contribution in [-0.2, 0) is 19.1 Å². The minimum Gasteiger partial charge on any atom is -0.467 e. The zero-order valence-corrected chi connectivity index (χ0v) is 20.1. The molecule has 1 aliphatic carbocycles. The van der Waals surface area contributed by atoms with E-state index in [9.17, 15) is 14.4 Å². The average molecular weight is 475 g/mol. The van der Waals surface area contributed by atoms with Crippen LogP contribution in [0.5, 0.6) is 0 Å². The molecule has 10 heteroatoms. The van der Waals surface area contributed by atoms with Crippen molar-refractivity contribution in [2.24, 2.45) is 5.92 Å². The van der Waals surface area contributed by atoms with Gasteiger partial charge in [0.15, 0.2) is 0 Å². The molecule has 9 nitrogen and oxygen atoms in total. The topological polar surface area (TPSA) is 109 Å². The predicted octanol–water partition coefficient (Wildman–Crippen LogP) is 1.59. The van der Waals surface area contributed by atoms with E-state index in [0.29, 0.717) is 44.7 Å². The van der Waals surface area contributed by atoms with Crippen LogP contribution in [0.1, 0.15) is 58.3 Å². The van der Waals surface area contributed by atoms with Gasteiger partial charge in [-0.05, 0) is 70.4 Å². The number of halogens is 1. The first kappa shape index (κ1) is 26.7. The quantitative estimate of drug-likeness (QED) is 0.504. The van der Waals surface area contributed by atoms with Crippen LogP contribution in [0.3, 0.4) is 0 Å². The number of nitrogens with zero attached hydrogens (tertiary/aromatic N) is 1. The second kappa shape index (κ2) is 12.6. The molecule has 184 valence electrons. The zero-order chi connectivity index (χ0) is 22.3. The molecule has 32 heavy (non-hydrogen) atoms. The van der Waals surface area contributed by atoms with Crippen molar-refractivity contribution in [3.8, 4) is 0 Å². The summed E-state index contributed by atoms with van der Waals surface area (Å²) in [6, 6.07) is -0.0557. The first-order chi connectivity index (χ1) is 14.9. The Bertz CT molecular complexity index is 628. The molecule has 1 saturated carbocycles. The fourth-order valence-electron chi connectivity index (χ4n) is 4.98. The molecule has 0 bridgehead atoms. The van der Waals surface area contributed by atoms with Gasteiger partial charge >= 0.3 is 12.0 Å². The van der Waals surface area contributed by atoms with E-state index in [1.165, 1.54) is 26.9 Å². The number of hydrogen-bond donors (Lipinski definition) is 3. The molecule has 0 spiro atoms. The molecule has 3 amide bonds. The highest BCUT2D eigenvalue weighted by atomic mass is 35.5. The zero-order valence-electron chi connectivity index (χ0n) is 19.3. The number of urea groups is 1. The van der Waals surface area contributed by atoms with Gasteiger partial charge in [0, 0.05) is 32.7 Å². The molecule has 2 aliphatic heterocycles. The van der Waals surface area contributed by atoms with Crippen molar-refractivity contribution in [3.05, 3.63) is 0 Å². The smallest absolute Gasteiger partial charge is 0.331 e. The molecule has 2 saturated heterocycles. The maximum Gasteiger partial charge on any atom is 0.331 e. The number of esters is 1. The number of amides is 3. The third-order valence-electron chi connectivity index (χ3n) is 6.91. The molecule has 0 unspecified atom stereocenters. The van der Waals surface area contributed by atoms with E-state index < -0.39 is 11.5 Å². The standard InChI is InChI=1S/C22H38N4O5.ClH/c1-16(27)25-22(20(28)30-2)9-3-18(4-10-22)24-21(29)26-13-7-19(8-14-26)31-15-17-5-11-23-12-6-17;/h17-19,23H,3-15H2,1-2H3,(H,24,29)(H,25,27);1H. The molecular formula is C22H39ClN4O5. The third-order valence-corrected chi connectivity index (χ3v) is 6.91. The van der Waals surface area contributed by atoms with Gasteiger partial charge in [0.25, 0.3) is 0 Å². The van der Waals surface area contributed by atoms with Gasteiger partial charge in [0.1, 0.15) is 5.54 Å². The lowest BCUT2D eigenvalue weighted by Crippen LogP contribution is -2.59. The van der Waals surface area contributed by atoms with Gasteiger partial charge in [-0.15, -0.1) is 12.4 Å². The van der Waals surface area contributed by atoms with Crippen molar-refractivity contribution < 1.29 is 23.9 Å². The molecular weight excluding hydrogens is 436 g/mol. The first-order valence-corrected chi connectivity index (χ1v) is 11.7. The van der Waals surface area contributed by atoms with Gasteiger partial charge in [0.05, 0.1) is 13.2 Å². The summed E-state index contributed by atoms with van der Waals surface area (Å²) >= 11 is 0. The summed E-state index contributed by atoms with van der Waals surface area (Å²) in [4.78, 5) is 38.4. The molecule has 3 fully saturated rings. The fraction of sp³-hybridized carbons (Fsp3) is 0.864. The molecule has 2 heterocycles. The average Bonchev–Trinajstić information content (AvgIpc) is 2.79. The number of rotatable bonds is 6. The number of hydrogen-bond acceptors (Lipinski definition) is 6. The van der Waals surface area contributed by atoms with Gasteiger partial charge in [-0.3, -0.25) is 4.79 Å². The summed E-state index contributed by atoms with van der Waals surface area (Å²) < 4.78 is 11.0. The van der Waals surface area contributed by atoms with Crippen molar-refractivity contribution in [1.29, 1.82) is 0 Å². The summed E-state index contributed by atoms with van der Waals surface area (Å²) in [6.45, 7) is 5.80. The third kappa shape index (κ3) is 7.22. The Morgan fingerprint density at radius 1 is 1.03 bits per heavy atom. The lowest BCUT2D eigenvalue weighted by atomic mass is 9.79. The molecule has 3 rings (SSSR count). The predicted molar refractivity (Wildman–Crippen MR) is 123 cm³/mol. The summed E-state index contributed by atoms with van der Waals surface area (Å²) in [6.07, 6.45) is 6.51. The molecule has 0 aromatic carbocycles. The summed E-state index contributed by atoms with van der Waals surface area (Å²) in [5, 5.41) is 9.26. The van der Waals surface area contributed by atoms with Crippen LogP contribution in [0.25, 0.3) is 0 Å². The van der Waals surface area contributed by atoms with E-state index in [1.807, 2.05) is 4.90 Å². The molecule has 3 N–H and O–H groups in total. The SMILES string of the molecule is COC(=O)C1(NC(C)=O)CCC(NC(=O)N2CCC(OCC3CCNCC3)CC2)CC1.Cl. The van der Waals surface area contributed by atoms with Crippen LogP contribution in [0, 0.1) is 5.92 Å². The van der Waals surface area contributed by atoms with Gasteiger partial charge < -0.3 is 30.3 Å². The van der Waals surface area contributed by atoms with Gasteiger partial charge in [-0.1, -0.05) is 0 Å². The van der Waals surface area contributed by atoms with E-state index in [0.717, 1.165) is 32.5 Å². The number of likely N-dealkylation sites (tertiary alicyclic amines) is 1. The minimum absolute atomic E-state index is 0. The minimum atomic E-state index is -0.980. The Labute approximate surface area is 197 Å². The maximum absolute atomic E-state index is 12.7. The fourth-order valence-corrected chi connectivity index (χ4v) is 4.98. The van der Waals surface area contributed by atoms with Crippen molar-refractivity contribution in [3.63, 3.8) is 0 Å². The van der Waals surface area contributed by atoms with E-state index in [-0.39, 0.29) is 36.5 Å². The number of carbonyl (C=O) groups excluding carboxylic acids is 3. The normalized spacial score (nSPS) is 27.2. The Kier molecular flexibility index (Phi) is 10.5. The second-order valence-corrected chi connectivity index (χ2v) is 9.19. The van der Waals surface area contributed by atoms with Crippen LogP contribution < -0.4 is 16.0 Å². The summed E-state index contributed by atoms with van der Waals surface area (Å²) in [5.74, 6) is -0.0133. The van der Waals surface area contributed by atoms with Crippen LogP contribution in [0.15, 0.2) is 0 Å². The van der Waals surface area contributed by atoms with Gasteiger partial charge in [0.2, 0.25) is 5.91 Å². The lowest BCUT2D eigenvalue weighted by molar-refractivity contribution is -0.152. The monoisotopic (exact) mass is 474 g/mol. The Morgan fingerprint density at radius 3 is 2.22 bits per heavy atom. The Balaban J connectivity index is 0.00000363. The van der Waals surface area contributed by atoms with Crippen LogP contribution in [0.4, 0.5) is 4.79 Å². The van der Waals surface area contributed by atoms with Crippen molar-refractivity contribution >= 4 is 30.3 Å². The maximum atomic E-state index is 12.7. The summed E-state index contributed by atoms with van der Waals surface area (Å²) in [7, 11) is 1.33. The number of piperidine rings is 2. The number of nitrogens with one attached hydrogen (secondary N) is 3. The van der Waals surface area contributed by atoms with E-state index in [4.69, 9.17) is 9.47 Å². The summed E-state index contributed by atoms with van der Waals surface area (Å²) in [5.41, 5.74) is -0.980. The van der Waals surface area contributed by atoms with E-state index >= 15 is 0 Å². The van der Waals surface area contributed by atoms with Crippen molar-refractivity contribution in [1.82, 2.24) is 20.9 Å². The highest BCUT2D eigenvalue weighted by molar-refractivity contribution is 5.87. The van der Waals surface area contributed by atoms with Crippen LogP contribution in [-0.4, -0.2) is 80.4 Å². The van der Waals surface area contributed by atoms with Crippen molar-refractivity contribution in [2.75, 3.05) is 39.9 Å².